The average Bonchev–Trinajstić information content (AvgIpc) is 1.62. The molecule has 0 aromatic heterocycles. The van der Waals surface area contributed by atoms with E-state index in [0.29, 0.717) is 0 Å². The first kappa shape index (κ1) is 8.27. The molecule has 0 N–H and O–H groups in total. The highest BCUT2D eigenvalue weighted by molar-refractivity contribution is 6.56. The Bertz CT molecular complexity index is 97.9. The molecule has 0 aromatic carbocycles. The van der Waals surface area contributed by atoms with Crippen molar-refractivity contribution >= 4 is 41.0 Å². The fourth-order valence-corrected chi connectivity index (χ4v) is 0.306. The second-order valence-corrected chi connectivity index (χ2v) is 2.25. The van der Waals surface area contributed by atoms with Crippen LogP contribution < -0.4 is 0 Å². The molecule has 6 heteroatoms. The maximum Gasteiger partial charge on any atom is 0.394 e. The summed E-state index contributed by atoms with van der Waals surface area (Å²) in [6.07, 6.45) is 0. The number of hydrogen-bond donors (Lipinski definition) is 0. The summed E-state index contributed by atoms with van der Waals surface area (Å²) >= 11 is 13.4. The number of rotatable bonds is 1. The maximum absolute atomic E-state index is 11.8. The van der Waals surface area contributed by atoms with Gasteiger partial charge in [-0.1, -0.05) is 23.2 Å². The Morgan fingerprint density at radius 2 is 2.00 bits per heavy atom. The zero-order valence-electron chi connectivity index (χ0n) is 3.33. The van der Waals surface area contributed by atoms with E-state index in [9.17, 15) is 9.18 Å². The zero-order valence-corrected chi connectivity index (χ0v) is 5.60. The van der Waals surface area contributed by atoms with Crippen molar-refractivity contribution in [3.05, 3.63) is 0 Å². The number of carbonyl (C=O) groups excluding carboxylic acids is 1. The molecule has 0 atom stereocenters. The Hall–Kier alpha value is 0.270. The van der Waals surface area contributed by atoms with E-state index in [1.807, 2.05) is 0 Å². The molecule has 0 aliphatic heterocycles. The van der Waals surface area contributed by atoms with Crippen molar-refractivity contribution in [3.63, 3.8) is 0 Å². The van der Waals surface area contributed by atoms with Gasteiger partial charge < -0.3 is 4.29 Å². The molecule has 0 fully saturated rings. The standard InChI is InChI=1S/C2Cl3FO2/c3-2(4,6)1(7)8-5. The van der Waals surface area contributed by atoms with E-state index in [-0.39, 0.29) is 0 Å². The SMILES string of the molecule is O=C(OCl)C(F)(Cl)Cl. The normalized spacial score (nSPS) is 11.0. The van der Waals surface area contributed by atoms with Crippen LogP contribution in [-0.4, -0.2) is 10.6 Å². The van der Waals surface area contributed by atoms with Crippen LogP contribution in [0.15, 0.2) is 0 Å². The minimum absolute atomic E-state index is 1.54. The lowest BCUT2D eigenvalue weighted by molar-refractivity contribution is -0.138. The summed E-state index contributed by atoms with van der Waals surface area (Å²) in [5.41, 5.74) is 0. The second kappa shape index (κ2) is 2.71. The Morgan fingerprint density at radius 3 is 2.00 bits per heavy atom. The topological polar surface area (TPSA) is 26.3 Å². The van der Waals surface area contributed by atoms with Crippen LogP contribution in [0.4, 0.5) is 4.39 Å². The van der Waals surface area contributed by atoms with Crippen LogP contribution in [-0.2, 0) is 9.08 Å². The lowest BCUT2D eigenvalue weighted by Gasteiger charge is -2.00. The molecule has 8 heavy (non-hydrogen) atoms. The Kier molecular flexibility index (Phi) is 2.80. The molecule has 0 aromatic rings. The first-order chi connectivity index (χ1) is 3.48. The van der Waals surface area contributed by atoms with Crippen molar-refractivity contribution in [2.24, 2.45) is 0 Å². The molecule has 0 bridgehead atoms. The minimum atomic E-state index is -3.04. The van der Waals surface area contributed by atoms with E-state index in [4.69, 9.17) is 0 Å². The lowest BCUT2D eigenvalue weighted by Crippen LogP contribution is -2.19. The van der Waals surface area contributed by atoms with Gasteiger partial charge in [0.1, 0.15) is 11.9 Å². The van der Waals surface area contributed by atoms with E-state index in [0.717, 1.165) is 0 Å². The van der Waals surface area contributed by atoms with Crippen LogP contribution in [0.3, 0.4) is 0 Å². The summed E-state index contributed by atoms with van der Waals surface area (Å²) < 4.78 is 12.0. The quantitative estimate of drug-likeness (QED) is 0.577. The first-order valence-corrected chi connectivity index (χ1v) is 2.44. The van der Waals surface area contributed by atoms with Gasteiger partial charge in [-0.25, -0.2) is 4.79 Å². The highest BCUT2D eigenvalue weighted by Gasteiger charge is 2.35. The number of carbonyl (C=O) groups is 1. The van der Waals surface area contributed by atoms with Gasteiger partial charge in [0, 0.05) is 0 Å². The van der Waals surface area contributed by atoms with Gasteiger partial charge in [0.2, 0.25) is 0 Å². The number of halogens is 4. The molecule has 48 valence electrons. The summed E-state index contributed by atoms with van der Waals surface area (Å²) in [5.74, 6) is -1.54. The van der Waals surface area contributed by atoms with E-state index in [2.05, 4.69) is 39.4 Å². The second-order valence-electron chi connectivity index (χ2n) is 0.862. The molecule has 2 nitrogen and oxygen atoms in total. The smallest absolute Gasteiger partial charge is 0.342 e. The molecule has 0 spiro atoms. The van der Waals surface area contributed by atoms with Crippen molar-refractivity contribution in [2.75, 3.05) is 0 Å². The van der Waals surface area contributed by atoms with Crippen LogP contribution in [0.1, 0.15) is 0 Å². The van der Waals surface area contributed by atoms with Crippen molar-refractivity contribution in [2.45, 2.75) is 4.59 Å². The van der Waals surface area contributed by atoms with Crippen molar-refractivity contribution in [1.29, 1.82) is 0 Å². The van der Waals surface area contributed by atoms with Crippen LogP contribution in [0, 0.1) is 0 Å². The van der Waals surface area contributed by atoms with E-state index >= 15 is 0 Å². The minimum Gasteiger partial charge on any atom is -0.342 e. The van der Waals surface area contributed by atoms with Gasteiger partial charge in [-0.15, -0.1) is 0 Å². The van der Waals surface area contributed by atoms with E-state index < -0.39 is 10.6 Å². The fraction of sp³-hybridized carbons (Fsp3) is 0.500. The summed E-state index contributed by atoms with van der Waals surface area (Å²) in [4.78, 5) is 9.84. The molecule has 0 rings (SSSR count). The third-order valence-corrected chi connectivity index (χ3v) is 0.750. The third-order valence-electron chi connectivity index (χ3n) is 0.302. The molecular weight excluding hydrogens is 181 g/mol. The van der Waals surface area contributed by atoms with E-state index in [1.54, 1.807) is 0 Å². The van der Waals surface area contributed by atoms with Crippen molar-refractivity contribution < 1.29 is 13.5 Å². The van der Waals surface area contributed by atoms with Crippen LogP contribution in [0.5, 0.6) is 0 Å². The average molecular weight is 181 g/mol. The number of alkyl halides is 3. The molecule has 0 aliphatic carbocycles. The molecular formula is C2Cl3FO2. The zero-order chi connectivity index (χ0) is 6.78. The van der Waals surface area contributed by atoms with Crippen LogP contribution in [0.2, 0.25) is 0 Å². The fourth-order valence-electron chi connectivity index (χ4n) is 0.0437. The van der Waals surface area contributed by atoms with Gasteiger partial charge in [-0.3, -0.25) is 0 Å². The summed E-state index contributed by atoms with van der Waals surface area (Å²) in [6.45, 7) is 0. The van der Waals surface area contributed by atoms with Crippen molar-refractivity contribution in [1.82, 2.24) is 0 Å². The monoisotopic (exact) mass is 180 g/mol. The Balaban J connectivity index is 3.82. The van der Waals surface area contributed by atoms with Gasteiger partial charge in [-0.2, -0.15) is 4.39 Å². The lowest BCUT2D eigenvalue weighted by atomic mass is 10.8. The molecule has 0 amide bonds. The van der Waals surface area contributed by atoms with Crippen LogP contribution >= 0.6 is 35.1 Å². The van der Waals surface area contributed by atoms with E-state index in [1.165, 1.54) is 0 Å². The largest absolute Gasteiger partial charge is 0.394 e. The van der Waals surface area contributed by atoms with Gasteiger partial charge in [-0.05, 0) is 0 Å². The molecule has 0 heterocycles. The van der Waals surface area contributed by atoms with Crippen LogP contribution in [0.25, 0.3) is 0 Å². The third kappa shape index (κ3) is 2.55. The van der Waals surface area contributed by atoms with Gasteiger partial charge in [0.05, 0.1) is 0 Å². The summed E-state index contributed by atoms with van der Waals surface area (Å²) in [7, 11) is 0. The molecule has 0 aliphatic rings. The maximum atomic E-state index is 11.8. The molecule has 0 saturated heterocycles. The van der Waals surface area contributed by atoms with Crippen molar-refractivity contribution in [3.8, 4) is 0 Å². The first-order valence-electron chi connectivity index (χ1n) is 1.38. The van der Waals surface area contributed by atoms with Gasteiger partial charge >= 0.3 is 10.6 Å². The van der Waals surface area contributed by atoms with Gasteiger partial charge in [0.15, 0.2) is 0 Å². The molecule has 0 saturated carbocycles. The highest BCUT2D eigenvalue weighted by Crippen LogP contribution is 2.24. The predicted molar refractivity (Wildman–Crippen MR) is 27.5 cm³/mol. The molecule has 0 radical (unpaired) electrons. The summed E-state index contributed by atoms with van der Waals surface area (Å²) in [6, 6.07) is 0. The summed E-state index contributed by atoms with van der Waals surface area (Å²) in [5, 5.41) is 0. The Labute approximate surface area is 59.6 Å². The highest BCUT2D eigenvalue weighted by atomic mass is 35.5. The Morgan fingerprint density at radius 1 is 1.62 bits per heavy atom. The number of hydrogen-bond acceptors (Lipinski definition) is 2. The molecule has 0 unspecified atom stereocenters. The van der Waals surface area contributed by atoms with Gasteiger partial charge in [0.25, 0.3) is 0 Å². The predicted octanol–water partition coefficient (Wildman–Crippen LogP) is 1.78.